The molecule has 8 N–H and O–H groups in total. The van der Waals surface area contributed by atoms with Crippen molar-refractivity contribution in [2.24, 2.45) is 16.5 Å². The van der Waals surface area contributed by atoms with E-state index in [4.69, 9.17) is 11.5 Å². The number of nitrogens with zero attached hydrogens (tertiary/aromatic N) is 1. The zero-order valence-corrected chi connectivity index (χ0v) is 18.0. The van der Waals surface area contributed by atoms with Crippen LogP contribution < -0.4 is 27.6 Å². The number of nitrogens with one attached hydrogen (secondary N) is 3. The number of carboxylic acid groups (broad SMARTS) is 1. The highest BCUT2D eigenvalue weighted by Crippen LogP contribution is 2.27. The summed E-state index contributed by atoms with van der Waals surface area (Å²) in [5.74, 6) is -1.32. The molecule has 9 heteroatoms. The summed E-state index contributed by atoms with van der Waals surface area (Å²) in [6, 6.07) is 19.5. The summed E-state index contributed by atoms with van der Waals surface area (Å²) >= 11 is 0. The molecule has 0 heterocycles. The summed E-state index contributed by atoms with van der Waals surface area (Å²) in [5.41, 5.74) is 18.8. The Bertz CT molecular complexity index is 817. The minimum atomic E-state index is -1.09. The van der Waals surface area contributed by atoms with Gasteiger partial charge in [0.2, 0.25) is 5.91 Å². The molecule has 0 unspecified atom stereocenters. The fraction of sp³-hybridized carbons (Fsp3) is 0.348. The van der Waals surface area contributed by atoms with Crippen LogP contribution in [0.2, 0.25) is 0 Å². The largest absolute Gasteiger partial charge is 0.480 e. The van der Waals surface area contributed by atoms with Crippen molar-refractivity contribution in [2.75, 3.05) is 19.6 Å². The molecule has 1 atom stereocenters. The van der Waals surface area contributed by atoms with Crippen molar-refractivity contribution in [2.45, 2.75) is 31.2 Å². The predicted molar refractivity (Wildman–Crippen MR) is 125 cm³/mol. The highest BCUT2D eigenvalue weighted by atomic mass is 16.4. The monoisotopic (exact) mass is 440 g/mol. The van der Waals surface area contributed by atoms with Crippen molar-refractivity contribution >= 4 is 17.8 Å². The Morgan fingerprint density at radius 3 is 2.03 bits per heavy atom. The van der Waals surface area contributed by atoms with Crippen LogP contribution in [0.15, 0.2) is 65.7 Å². The maximum atomic E-state index is 12.1. The van der Waals surface area contributed by atoms with Crippen molar-refractivity contribution < 1.29 is 14.7 Å². The maximum Gasteiger partial charge on any atom is 0.326 e. The van der Waals surface area contributed by atoms with Gasteiger partial charge in [0.15, 0.2) is 5.96 Å². The summed E-state index contributed by atoms with van der Waals surface area (Å²) in [6.07, 6.45) is 1.51. The zero-order chi connectivity index (χ0) is 23.2. The van der Waals surface area contributed by atoms with Crippen molar-refractivity contribution in [1.82, 2.24) is 16.2 Å². The van der Waals surface area contributed by atoms with E-state index in [0.29, 0.717) is 19.5 Å². The molecule has 0 aliphatic rings. The molecule has 2 aromatic carbocycles. The van der Waals surface area contributed by atoms with Crippen LogP contribution in [0, 0.1) is 0 Å². The van der Waals surface area contributed by atoms with Crippen molar-refractivity contribution in [3.8, 4) is 0 Å². The average Bonchev–Trinajstić information content (AvgIpc) is 2.79. The van der Waals surface area contributed by atoms with E-state index in [2.05, 4.69) is 45.4 Å². The van der Waals surface area contributed by atoms with Gasteiger partial charge in [-0.1, -0.05) is 60.7 Å². The second-order valence-corrected chi connectivity index (χ2v) is 7.35. The van der Waals surface area contributed by atoms with E-state index >= 15 is 0 Å². The molecule has 0 spiro atoms. The van der Waals surface area contributed by atoms with Crippen LogP contribution in [-0.4, -0.2) is 48.6 Å². The molecule has 0 aliphatic carbocycles. The molecule has 0 radical (unpaired) electrons. The second-order valence-electron chi connectivity index (χ2n) is 7.35. The van der Waals surface area contributed by atoms with Crippen LogP contribution in [0.1, 0.15) is 36.3 Å². The number of carbonyl (C=O) groups excluding carboxylic acids is 1. The molecule has 1 amide bonds. The second kappa shape index (κ2) is 13.8. The molecule has 9 nitrogen and oxygen atoms in total. The summed E-state index contributed by atoms with van der Waals surface area (Å²) in [7, 11) is 0. The molecule has 0 aromatic heterocycles. The van der Waals surface area contributed by atoms with E-state index in [-0.39, 0.29) is 24.8 Å². The van der Waals surface area contributed by atoms with E-state index in [1.807, 2.05) is 36.4 Å². The molecular weight excluding hydrogens is 408 g/mol. The van der Waals surface area contributed by atoms with Gasteiger partial charge in [0, 0.05) is 19.0 Å². The van der Waals surface area contributed by atoms with Crippen LogP contribution >= 0.6 is 0 Å². The van der Waals surface area contributed by atoms with E-state index in [9.17, 15) is 14.7 Å². The van der Waals surface area contributed by atoms with Crippen LogP contribution in [0.3, 0.4) is 0 Å². The minimum Gasteiger partial charge on any atom is -0.480 e. The van der Waals surface area contributed by atoms with Crippen LogP contribution in [-0.2, 0) is 9.59 Å². The molecule has 0 fully saturated rings. The first kappa shape index (κ1) is 24.8. The lowest BCUT2D eigenvalue weighted by Crippen LogP contribution is -2.47. The number of carbonyl (C=O) groups is 2. The number of nitrogens with two attached hydrogens (primary N) is 2. The first-order valence-corrected chi connectivity index (χ1v) is 10.6. The van der Waals surface area contributed by atoms with Gasteiger partial charge in [-0.15, -0.1) is 0 Å². The normalized spacial score (nSPS) is 11.7. The van der Waals surface area contributed by atoms with Crippen molar-refractivity contribution in [1.29, 1.82) is 0 Å². The molecule has 0 saturated heterocycles. The number of aliphatic carboxylic acids is 1. The summed E-state index contributed by atoms with van der Waals surface area (Å²) < 4.78 is 0. The Kier molecular flexibility index (Phi) is 10.7. The van der Waals surface area contributed by atoms with Gasteiger partial charge in [-0.2, -0.15) is 0 Å². The first-order chi connectivity index (χ1) is 15.5. The molecule has 0 bridgehead atoms. The van der Waals surface area contributed by atoms with Crippen LogP contribution in [0.4, 0.5) is 0 Å². The lowest BCUT2D eigenvalue weighted by atomic mass is 9.89. The number of benzene rings is 2. The van der Waals surface area contributed by atoms with E-state index in [0.717, 1.165) is 6.42 Å². The van der Waals surface area contributed by atoms with Crippen LogP contribution in [0.5, 0.6) is 0 Å². The number of carboxylic acids is 1. The van der Waals surface area contributed by atoms with E-state index in [1.165, 1.54) is 11.1 Å². The van der Waals surface area contributed by atoms with Gasteiger partial charge in [0.1, 0.15) is 6.04 Å². The van der Waals surface area contributed by atoms with Crippen molar-refractivity contribution in [3.05, 3.63) is 71.8 Å². The molecule has 0 saturated carbocycles. The SMILES string of the molecule is NC(N)=NCCC[C@H](NC(=O)CNNCCC(c1ccccc1)c1ccccc1)C(=O)O. The smallest absolute Gasteiger partial charge is 0.326 e. The molecule has 2 aromatic rings. The zero-order valence-electron chi connectivity index (χ0n) is 18.0. The standard InChI is InChI=1S/C23H32N6O3/c24-23(25)26-14-7-12-20(22(31)32)29-21(30)16-28-27-15-13-19(17-8-3-1-4-9-17)18-10-5-2-6-11-18/h1-6,8-11,19-20,27-28H,7,12-16H2,(H,29,30)(H,31,32)(H4,24,25,26)/t20-/m0/s1. The Labute approximate surface area is 188 Å². The van der Waals surface area contributed by atoms with Crippen molar-refractivity contribution in [3.63, 3.8) is 0 Å². The molecule has 32 heavy (non-hydrogen) atoms. The Hall–Kier alpha value is -3.43. The Morgan fingerprint density at radius 2 is 1.50 bits per heavy atom. The highest BCUT2D eigenvalue weighted by molar-refractivity contribution is 5.84. The molecular formula is C23H32N6O3. The highest BCUT2D eigenvalue weighted by Gasteiger charge is 2.19. The lowest BCUT2D eigenvalue weighted by molar-refractivity contribution is -0.141. The fourth-order valence-electron chi connectivity index (χ4n) is 3.35. The van der Waals surface area contributed by atoms with Gasteiger partial charge < -0.3 is 21.9 Å². The minimum absolute atomic E-state index is 0.0426. The summed E-state index contributed by atoms with van der Waals surface area (Å²) in [6.45, 7) is 0.896. The first-order valence-electron chi connectivity index (χ1n) is 10.6. The number of aliphatic imine (C=N–C) groups is 1. The van der Waals surface area contributed by atoms with E-state index < -0.39 is 17.9 Å². The van der Waals surface area contributed by atoms with Crippen LogP contribution in [0.25, 0.3) is 0 Å². The number of hydrazine groups is 1. The lowest BCUT2D eigenvalue weighted by Gasteiger charge is -2.19. The number of amides is 1. The third-order valence-corrected chi connectivity index (χ3v) is 4.91. The van der Waals surface area contributed by atoms with E-state index in [1.54, 1.807) is 0 Å². The van der Waals surface area contributed by atoms with Gasteiger partial charge in [-0.05, 0) is 30.4 Å². The molecule has 172 valence electrons. The average molecular weight is 441 g/mol. The predicted octanol–water partition coefficient (Wildman–Crippen LogP) is 0.926. The number of hydrogen-bond donors (Lipinski definition) is 6. The third-order valence-electron chi connectivity index (χ3n) is 4.91. The maximum absolute atomic E-state index is 12.1. The van der Waals surface area contributed by atoms with Gasteiger partial charge in [-0.25, -0.2) is 10.2 Å². The number of hydrogen-bond acceptors (Lipinski definition) is 5. The van der Waals surface area contributed by atoms with Gasteiger partial charge in [0.25, 0.3) is 0 Å². The van der Waals surface area contributed by atoms with Gasteiger partial charge >= 0.3 is 5.97 Å². The van der Waals surface area contributed by atoms with Gasteiger partial charge in [0.05, 0.1) is 6.54 Å². The Balaban J connectivity index is 1.75. The molecule has 0 aliphatic heterocycles. The summed E-state index contributed by atoms with van der Waals surface area (Å²) in [5, 5.41) is 11.8. The number of rotatable bonds is 14. The third kappa shape index (κ3) is 9.15. The van der Waals surface area contributed by atoms with Gasteiger partial charge in [-0.3, -0.25) is 15.2 Å². The Morgan fingerprint density at radius 1 is 0.906 bits per heavy atom. The number of guanidine groups is 1. The molecule has 2 rings (SSSR count). The quantitative estimate of drug-likeness (QED) is 0.110. The summed E-state index contributed by atoms with van der Waals surface area (Å²) in [4.78, 5) is 27.2. The fourth-order valence-corrected chi connectivity index (χ4v) is 3.35. The topological polar surface area (TPSA) is 155 Å².